The number of benzene rings is 1. The van der Waals surface area contributed by atoms with E-state index >= 15 is 0 Å². The Labute approximate surface area is 165 Å². The molecular weight excluding hydrogens is 394 g/mol. The second-order valence-corrected chi connectivity index (χ2v) is 7.11. The van der Waals surface area contributed by atoms with Crippen LogP contribution in [0, 0.1) is 11.7 Å². The molecule has 1 saturated heterocycles. The lowest BCUT2D eigenvalue weighted by molar-refractivity contribution is -0.122. The molecule has 1 fully saturated rings. The minimum atomic E-state index is -0.728. The number of aromatic nitrogens is 1. The largest absolute Gasteiger partial charge is 0.369 e. The minimum Gasteiger partial charge on any atom is -0.369 e. The van der Waals surface area contributed by atoms with Crippen LogP contribution in [-0.2, 0) is 4.79 Å². The summed E-state index contributed by atoms with van der Waals surface area (Å²) in [6.07, 6.45) is 3.12. The molecule has 0 spiro atoms. The molecule has 6 nitrogen and oxygen atoms in total. The van der Waals surface area contributed by atoms with Gasteiger partial charge in [0.25, 0.3) is 5.91 Å². The van der Waals surface area contributed by atoms with E-state index in [1.54, 1.807) is 12.1 Å². The van der Waals surface area contributed by atoms with Gasteiger partial charge in [-0.2, -0.15) is 0 Å². The number of primary amides is 1. The van der Waals surface area contributed by atoms with E-state index in [0.717, 1.165) is 25.5 Å². The molecule has 0 bridgehead atoms. The highest BCUT2D eigenvalue weighted by atomic mass is 35.5. The van der Waals surface area contributed by atoms with E-state index in [1.165, 1.54) is 12.3 Å². The number of carbonyl (C=O) groups is 2. The summed E-state index contributed by atoms with van der Waals surface area (Å²) in [4.78, 5) is 30.0. The Hall–Kier alpha value is -2.38. The van der Waals surface area contributed by atoms with Crippen molar-refractivity contribution in [2.24, 2.45) is 11.7 Å². The van der Waals surface area contributed by atoms with Gasteiger partial charge in [-0.25, -0.2) is 9.37 Å². The number of anilines is 2. The van der Waals surface area contributed by atoms with Crippen molar-refractivity contribution in [1.82, 2.24) is 4.98 Å². The van der Waals surface area contributed by atoms with E-state index in [-0.39, 0.29) is 27.4 Å². The van der Waals surface area contributed by atoms with Gasteiger partial charge in [0.05, 0.1) is 33.4 Å². The number of hydrogen-bond donors (Lipinski definition) is 2. The Morgan fingerprint density at radius 1 is 1.26 bits per heavy atom. The zero-order chi connectivity index (χ0) is 19.6. The Morgan fingerprint density at radius 3 is 2.70 bits per heavy atom. The SMILES string of the molecule is NC(=O)C1CCCN(c2ccc(NC(=O)c3cc(F)c(Cl)cc3Cl)cn2)C1. The lowest BCUT2D eigenvalue weighted by Gasteiger charge is -2.32. The molecule has 2 heterocycles. The second-order valence-electron chi connectivity index (χ2n) is 6.29. The van der Waals surface area contributed by atoms with Gasteiger partial charge in [0.2, 0.25) is 5.91 Å². The Morgan fingerprint density at radius 2 is 2.04 bits per heavy atom. The Kier molecular flexibility index (Phi) is 5.82. The first kappa shape index (κ1) is 19.4. The fraction of sp³-hybridized carbons (Fsp3) is 0.278. The summed E-state index contributed by atoms with van der Waals surface area (Å²) in [5, 5.41) is 2.51. The van der Waals surface area contributed by atoms with Crippen LogP contribution >= 0.6 is 23.2 Å². The van der Waals surface area contributed by atoms with Crippen LogP contribution in [0.5, 0.6) is 0 Å². The van der Waals surface area contributed by atoms with Gasteiger partial charge in [-0.15, -0.1) is 0 Å². The van der Waals surface area contributed by atoms with Gasteiger partial charge in [-0.3, -0.25) is 9.59 Å². The molecule has 1 unspecified atom stereocenters. The smallest absolute Gasteiger partial charge is 0.257 e. The van der Waals surface area contributed by atoms with Crippen molar-refractivity contribution in [3.05, 3.63) is 51.9 Å². The summed E-state index contributed by atoms with van der Waals surface area (Å²) in [5.74, 6) is -1.11. The number of halogens is 3. The second kappa shape index (κ2) is 8.10. The average molecular weight is 411 g/mol. The molecule has 3 rings (SSSR count). The van der Waals surface area contributed by atoms with E-state index in [4.69, 9.17) is 28.9 Å². The fourth-order valence-corrected chi connectivity index (χ4v) is 3.43. The van der Waals surface area contributed by atoms with E-state index in [2.05, 4.69) is 10.3 Å². The predicted molar refractivity (Wildman–Crippen MR) is 103 cm³/mol. The fourth-order valence-electron chi connectivity index (χ4n) is 2.96. The molecule has 0 saturated carbocycles. The number of amides is 2. The maximum Gasteiger partial charge on any atom is 0.257 e. The van der Waals surface area contributed by atoms with Crippen LogP contribution in [0.2, 0.25) is 10.0 Å². The quantitative estimate of drug-likeness (QED) is 0.755. The summed E-state index contributed by atoms with van der Waals surface area (Å²) < 4.78 is 13.6. The lowest BCUT2D eigenvalue weighted by Crippen LogP contribution is -2.41. The zero-order valence-corrected chi connectivity index (χ0v) is 15.7. The topological polar surface area (TPSA) is 88.3 Å². The molecule has 3 N–H and O–H groups in total. The van der Waals surface area contributed by atoms with Crippen LogP contribution in [0.1, 0.15) is 23.2 Å². The summed E-state index contributed by atoms with van der Waals surface area (Å²) in [6, 6.07) is 5.58. The number of piperidine rings is 1. The molecule has 1 atom stereocenters. The standard InChI is InChI=1S/C18H17Cl2FN4O2/c19-13-7-14(20)15(21)6-12(13)18(27)24-11-3-4-16(23-8-11)25-5-1-2-10(9-25)17(22)26/h3-4,6-8,10H,1-2,5,9H2,(H2,22,26)(H,24,27). The summed E-state index contributed by atoms with van der Waals surface area (Å²) in [7, 11) is 0. The number of hydrogen-bond acceptors (Lipinski definition) is 4. The Bertz CT molecular complexity index is 876. The molecule has 1 aromatic heterocycles. The molecule has 1 aliphatic heterocycles. The number of nitrogens with zero attached hydrogens (tertiary/aromatic N) is 2. The number of pyridine rings is 1. The van der Waals surface area contributed by atoms with Crippen molar-refractivity contribution >= 4 is 46.5 Å². The van der Waals surface area contributed by atoms with Gasteiger partial charge in [0, 0.05) is 13.1 Å². The molecular formula is C18H17Cl2FN4O2. The van der Waals surface area contributed by atoms with E-state index in [0.29, 0.717) is 18.1 Å². The maximum atomic E-state index is 13.6. The highest BCUT2D eigenvalue weighted by Gasteiger charge is 2.24. The molecule has 2 aromatic rings. The van der Waals surface area contributed by atoms with Crippen LogP contribution in [0.4, 0.5) is 15.9 Å². The Balaban J connectivity index is 1.70. The van der Waals surface area contributed by atoms with E-state index in [9.17, 15) is 14.0 Å². The van der Waals surface area contributed by atoms with Gasteiger partial charge in [-0.05, 0) is 37.1 Å². The molecule has 9 heteroatoms. The number of rotatable bonds is 4. The van der Waals surface area contributed by atoms with Gasteiger partial charge in [0.15, 0.2) is 0 Å². The van der Waals surface area contributed by atoms with Crippen LogP contribution in [0.15, 0.2) is 30.5 Å². The van der Waals surface area contributed by atoms with Gasteiger partial charge in [0.1, 0.15) is 11.6 Å². The van der Waals surface area contributed by atoms with Crippen molar-refractivity contribution in [3.63, 3.8) is 0 Å². The number of carbonyl (C=O) groups excluding carboxylic acids is 2. The van der Waals surface area contributed by atoms with E-state index in [1.807, 2.05) is 4.90 Å². The molecule has 2 amide bonds. The third-order valence-electron chi connectivity index (χ3n) is 4.41. The molecule has 0 aliphatic carbocycles. The zero-order valence-electron chi connectivity index (χ0n) is 14.2. The molecule has 142 valence electrons. The summed E-state index contributed by atoms with van der Waals surface area (Å²) in [6.45, 7) is 1.30. The van der Waals surface area contributed by atoms with Gasteiger partial charge < -0.3 is 16.0 Å². The van der Waals surface area contributed by atoms with Crippen molar-refractivity contribution < 1.29 is 14.0 Å². The minimum absolute atomic E-state index is 0.0250. The van der Waals surface area contributed by atoms with Crippen LogP contribution in [0.3, 0.4) is 0 Å². The third kappa shape index (κ3) is 4.48. The maximum absolute atomic E-state index is 13.6. The van der Waals surface area contributed by atoms with Gasteiger partial charge >= 0.3 is 0 Å². The highest BCUT2D eigenvalue weighted by Crippen LogP contribution is 2.26. The average Bonchev–Trinajstić information content (AvgIpc) is 2.65. The van der Waals surface area contributed by atoms with E-state index < -0.39 is 11.7 Å². The summed E-state index contributed by atoms with van der Waals surface area (Å²) in [5.41, 5.74) is 5.80. The molecule has 0 radical (unpaired) electrons. The molecule has 1 aromatic carbocycles. The number of nitrogens with one attached hydrogen (secondary N) is 1. The third-order valence-corrected chi connectivity index (χ3v) is 5.01. The summed E-state index contributed by atoms with van der Waals surface area (Å²) >= 11 is 11.6. The van der Waals surface area contributed by atoms with Crippen molar-refractivity contribution in [2.75, 3.05) is 23.3 Å². The number of nitrogens with two attached hydrogens (primary N) is 1. The highest BCUT2D eigenvalue weighted by molar-refractivity contribution is 6.37. The van der Waals surface area contributed by atoms with Crippen LogP contribution < -0.4 is 16.0 Å². The molecule has 27 heavy (non-hydrogen) atoms. The van der Waals surface area contributed by atoms with Crippen molar-refractivity contribution in [3.8, 4) is 0 Å². The normalized spacial score (nSPS) is 16.9. The first-order valence-corrected chi connectivity index (χ1v) is 9.07. The van der Waals surface area contributed by atoms with Crippen LogP contribution in [-0.4, -0.2) is 29.9 Å². The monoisotopic (exact) mass is 410 g/mol. The molecule has 1 aliphatic rings. The van der Waals surface area contributed by atoms with Crippen LogP contribution in [0.25, 0.3) is 0 Å². The first-order valence-electron chi connectivity index (χ1n) is 8.31. The van der Waals surface area contributed by atoms with Crippen molar-refractivity contribution in [2.45, 2.75) is 12.8 Å². The predicted octanol–water partition coefficient (Wildman–Crippen LogP) is 3.48. The lowest BCUT2D eigenvalue weighted by atomic mass is 9.97. The first-order chi connectivity index (χ1) is 12.8. The van der Waals surface area contributed by atoms with Gasteiger partial charge in [-0.1, -0.05) is 23.2 Å². The van der Waals surface area contributed by atoms with Crippen molar-refractivity contribution in [1.29, 1.82) is 0 Å².